The SMILES string of the molecule is O=C(c1ccccc1F)N1CCCN(C(=O)C2CC2[N+](=O)[O-])CC1. The Kier molecular flexibility index (Phi) is 4.46. The first-order valence-corrected chi connectivity index (χ1v) is 7.95. The molecule has 0 radical (unpaired) electrons. The van der Waals surface area contributed by atoms with E-state index in [1.54, 1.807) is 11.0 Å². The number of hydrogen-bond donors (Lipinski definition) is 0. The van der Waals surface area contributed by atoms with Crippen molar-refractivity contribution in [3.05, 3.63) is 45.8 Å². The van der Waals surface area contributed by atoms with Crippen molar-refractivity contribution in [2.45, 2.75) is 18.9 Å². The van der Waals surface area contributed by atoms with E-state index in [2.05, 4.69) is 0 Å². The predicted molar refractivity (Wildman–Crippen MR) is 82.4 cm³/mol. The van der Waals surface area contributed by atoms with E-state index < -0.39 is 28.6 Å². The van der Waals surface area contributed by atoms with Crippen molar-refractivity contribution in [1.82, 2.24) is 9.80 Å². The number of nitro groups is 1. The minimum atomic E-state index is -0.767. The summed E-state index contributed by atoms with van der Waals surface area (Å²) in [6.07, 6.45) is 0.863. The monoisotopic (exact) mass is 335 g/mol. The van der Waals surface area contributed by atoms with Gasteiger partial charge in [0, 0.05) is 37.5 Å². The average molecular weight is 335 g/mol. The van der Waals surface area contributed by atoms with Gasteiger partial charge in [-0.05, 0) is 18.6 Å². The number of carbonyl (C=O) groups excluding carboxylic acids is 2. The van der Waals surface area contributed by atoms with Crippen LogP contribution >= 0.6 is 0 Å². The van der Waals surface area contributed by atoms with Gasteiger partial charge in [-0.1, -0.05) is 12.1 Å². The molecule has 2 fully saturated rings. The standard InChI is InChI=1S/C16H18FN3O4/c17-13-5-2-1-4-11(13)15(21)18-6-3-7-19(9-8-18)16(22)12-10-14(12)20(23)24/h1-2,4-5,12,14H,3,6-10H2. The van der Waals surface area contributed by atoms with Gasteiger partial charge in [0.25, 0.3) is 5.91 Å². The summed E-state index contributed by atoms with van der Waals surface area (Å²) in [6, 6.07) is 5.05. The first kappa shape index (κ1) is 16.4. The summed E-state index contributed by atoms with van der Waals surface area (Å²) in [6.45, 7) is 1.51. The van der Waals surface area contributed by atoms with E-state index in [9.17, 15) is 24.1 Å². The second-order valence-electron chi connectivity index (χ2n) is 6.15. The van der Waals surface area contributed by atoms with Gasteiger partial charge in [-0.2, -0.15) is 0 Å². The van der Waals surface area contributed by atoms with E-state index in [1.165, 1.54) is 23.1 Å². The van der Waals surface area contributed by atoms with Gasteiger partial charge in [-0.25, -0.2) is 4.39 Å². The molecule has 1 aliphatic heterocycles. The summed E-state index contributed by atoms with van der Waals surface area (Å²) in [5, 5.41) is 10.7. The molecule has 1 aromatic rings. The Bertz CT molecular complexity index is 681. The fourth-order valence-corrected chi connectivity index (χ4v) is 3.06. The van der Waals surface area contributed by atoms with Crippen LogP contribution in [0.3, 0.4) is 0 Å². The van der Waals surface area contributed by atoms with Gasteiger partial charge in [0.15, 0.2) is 0 Å². The molecule has 2 unspecified atom stereocenters. The maximum absolute atomic E-state index is 13.8. The predicted octanol–water partition coefficient (Wildman–Crippen LogP) is 1.17. The van der Waals surface area contributed by atoms with E-state index >= 15 is 0 Å². The van der Waals surface area contributed by atoms with E-state index in [0.29, 0.717) is 39.0 Å². The molecule has 0 bridgehead atoms. The summed E-state index contributed by atoms with van der Waals surface area (Å²) in [4.78, 5) is 38.1. The zero-order chi connectivity index (χ0) is 17.3. The molecule has 3 rings (SSSR count). The van der Waals surface area contributed by atoms with Crippen LogP contribution < -0.4 is 0 Å². The van der Waals surface area contributed by atoms with Gasteiger partial charge >= 0.3 is 0 Å². The Hall–Kier alpha value is -2.51. The fraction of sp³-hybridized carbons (Fsp3) is 0.500. The van der Waals surface area contributed by atoms with Crippen LogP contribution in [0.2, 0.25) is 0 Å². The van der Waals surface area contributed by atoms with E-state index in [1.807, 2.05) is 0 Å². The van der Waals surface area contributed by atoms with Gasteiger partial charge in [0.1, 0.15) is 11.7 Å². The van der Waals surface area contributed by atoms with Crippen molar-refractivity contribution in [3.8, 4) is 0 Å². The van der Waals surface area contributed by atoms with Crippen LogP contribution in [0.15, 0.2) is 24.3 Å². The van der Waals surface area contributed by atoms with Crippen LogP contribution in [0.1, 0.15) is 23.2 Å². The molecule has 0 N–H and O–H groups in total. The molecule has 2 aliphatic rings. The third kappa shape index (κ3) is 3.22. The lowest BCUT2D eigenvalue weighted by molar-refractivity contribution is -0.497. The van der Waals surface area contributed by atoms with Crippen molar-refractivity contribution < 1.29 is 18.9 Å². The van der Waals surface area contributed by atoms with Crippen molar-refractivity contribution >= 4 is 11.8 Å². The Morgan fingerprint density at radius 3 is 2.46 bits per heavy atom. The summed E-state index contributed by atoms with van der Waals surface area (Å²) in [5.41, 5.74) is 0.0212. The number of amides is 2. The van der Waals surface area contributed by atoms with E-state index in [0.717, 1.165) is 0 Å². The molecule has 0 aromatic heterocycles. The minimum Gasteiger partial charge on any atom is -0.340 e. The van der Waals surface area contributed by atoms with E-state index in [-0.39, 0.29) is 11.5 Å². The Morgan fingerprint density at radius 2 is 1.79 bits per heavy atom. The van der Waals surface area contributed by atoms with Gasteiger partial charge < -0.3 is 9.80 Å². The smallest absolute Gasteiger partial charge is 0.256 e. The maximum Gasteiger partial charge on any atom is 0.256 e. The lowest BCUT2D eigenvalue weighted by Gasteiger charge is -2.22. The minimum absolute atomic E-state index is 0.0212. The molecule has 128 valence electrons. The topological polar surface area (TPSA) is 83.8 Å². The van der Waals surface area contributed by atoms with Crippen molar-refractivity contribution in [1.29, 1.82) is 0 Å². The first-order valence-electron chi connectivity index (χ1n) is 7.95. The molecule has 24 heavy (non-hydrogen) atoms. The normalized spacial score (nSPS) is 23.5. The summed E-state index contributed by atoms with van der Waals surface area (Å²) >= 11 is 0. The number of nitrogens with zero attached hydrogens (tertiary/aromatic N) is 3. The first-order chi connectivity index (χ1) is 11.5. The van der Waals surface area contributed by atoms with Crippen LogP contribution in [-0.4, -0.2) is 58.8 Å². The molecule has 2 atom stereocenters. The third-order valence-electron chi connectivity index (χ3n) is 4.54. The zero-order valence-electron chi connectivity index (χ0n) is 13.1. The molecule has 7 nitrogen and oxygen atoms in total. The molecule has 1 aliphatic carbocycles. The van der Waals surface area contributed by atoms with Crippen LogP contribution in [0.4, 0.5) is 4.39 Å². The highest BCUT2D eigenvalue weighted by atomic mass is 19.1. The van der Waals surface area contributed by atoms with Gasteiger partial charge in [0.2, 0.25) is 11.9 Å². The molecule has 1 heterocycles. The largest absolute Gasteiger partial charge is 0.340 e. The lowest BCUT2D eigenvalue weighted by atomic mass is 10.2. The number of halogens is 1. The van der Waals surface area contributed by atoms with Crippen LogP contribution in [-0.2, 0) is 4.79 Å². The lowest BCUT2D eigenvalue weighted by Crippen LogP contribution is -2.38. The number of rotatable bonds is 3. The van der Waals surface area contributed by atoms with Crippen LogP contribution in [0.5, 0.6) is 0 Å². The third-order valence-corrected chi connectivity index (χ3v) is 4.54. The maximum atomic E-state index is 13.8. The van der Waals surface area contributed by atoms with Gasteiger partial charge in [-0.3, -0.25) is 19.7 Å². The molecular weight excluding hydrogens is 317 g/mol. The van der Waals surface area contributed by atoms with Crippen LogP contribution in [0.25, 0.3) is 0 Å². The second kappa shape index (κ2) is 6.54. The summed E-state index contributed by atoms with van der Waals surface area (Å²) in [7, 11) is 0. The van der Waals surface area contributed by atoms with Crippen molar-refractivity contribution in [3.63, 3.8) is 0 Å². The number of carbonyl (C=O) groups is 2. The highest BCUT2D eigenvalue weighted by Gasteiger charge is 2.54. The highest BCUT2D eigenvalue weighted by Crippen LogP contribution is 2.35. The number of benzene rings is 1. The van der Waals surface area contributed by atoms with Crippen molar-refractivity contribution in [2.75, 3.05) is 26.2 Å². The van der Waals surface area contributed by atoms with Gasteiger partial charge in [0.05, 0.1) is 5.56 Å². The molecule has 1 saturated carbocycles. The van der Waals surface area contributed by atoms with Gasteiger partial charge in [-0.15, -0.1) is 0 Å². The molecule has 8 heteroatoms. The fourth-order valence-electron chi connectivity index (χ4n) is 3.06. The summed E-state index contributed by atoms with van der Waals surface area (Å²) < 4.78 is 13.8. The second-order valence-corrected chi connectivity index (χ2v) is 6.15. The molecule has 0 spiro atoms. The number of hydrogen-bond acceptors (Lipinski definition) is 4. The molecule has 2 amide bonds. The molecule has 1 saturated heterocycles. The van der Waals surface area contributed by atoms with Crippen molar-refractivity contribution in [2.24, 2.45) is 5.92 Å². The Balaban J connectivity index is 1.61. The average Bonchev–Trinajstić information content (AvgIpc) is 3.37. The quantitative estimate of drug-likeness (QED) is 0.613. The van der Waals surface area contributed by atoms with Crippen LogP contribution in [0, 0.1) is 21.8 Å². The molecule has 1 aromatic carbocycles. The Labute approximate surface area is 138 Å². The highest BCUT2D eigenvalue weighted by molar-refractivity contribution is 5.94. The summed E-state index contributed by atoms with van der Waals surface area (Å²) in [5.74, 6) is -1.70. The zero-order valence-corrected chi connectivity index (χ0v) is 13.1. The Morgan fingerprint density at radius 1 is 1.12 bits per heavy atom. The van der Waals surface area contributed by atoms with E-state index in [4.69, 9.17) is 0 Å². The molecular formula is C16H18FN3O4.